The first-order valence-electron chi connectivity index (χ1n) is 6.51. The van der Waals surface area contributed by atoms with E-state index in [4.69, 9.17) is 0 Å². The highest BCUT2D eigenvalue weighted by atomic mass is 19.1. The van der Waals surface area contributed by atoms with Gasteiger partial charge in [0.25, 0.3) is 0 Å². The molecule has 21 heavy (non-hydrogen) atoms. The van der Waals surface area contributed by atoms with Gasteiger partial charge < -0.3 is 5.32 Å². The number of halogens is 1. The summed E-state index contributed by atoms with van der Waals surface area (Å²) < 4.78 is 14.8. The highest BCUT2D eigenvalue weighted by Crippen LogP contribution is 2.20. The molecule has 0 saturated heterocycles. The van der Waals surface area contributed by atoms with Gasteiger partial charge in [0.15, 0.2) is 5.65 Å². The lowest BCUT2D eigenvalue weighted by Crippen LogP contribution is -2.15. The van der Waals surface area contributed by atoms with E-state index in [0.29, 0.717) is 17.0 Å². The number of nitrogens with zero attached hydrogens (tertiary/aromatic N) is 3. The van der Waals surface area contributed by atoms with Crippen molar-refractivity contribution in [3.05, 3.63) is 57.8 Å². The average Bonchev–Trinajstić information content (AvgIpc) is 2.83. The molecule has 108 valence electrons. The van der Waals surface area contributed by atoms with E-state index < -0.39 is 5.69 Å². The highest BCUT2D eigenvalue weighted by Gasteiger charge is 2.10. The number of benzene rings is 1. The van der Waals surface area contributed by atoms with Crippen LogP contribution in [0.4, 0.5) is 10.2 Å². The van der Waals surface area contributed by atoms with Crippen LogP contribution in [-0.2, 0) is 0 Å². The van der Waals surface area contributed by atoms with Gasteiger partial charge in [-0.15, -0.1) is 5.10 Å². The van der Waals surface area contributed by atoms with E-state index in [2.05, 4.69) is 20.6 Å². The average molecular weight is 287 g/mol. The Kier molecular flexibility index (Phi) is 3.17. The predicted molar refractivity (Wildman–Crippen MR) is 76.8 cm³/mol. The molecule has 1 aromatic carbocycles. The van der Waals surface area contributed by atoms with Crippen molar-refractivity contribution < 1.29 is 4.39 Å². The van der Waals surface area contributed by atoms with E-state index >= 15 is 0 Å². The van der Waals surface area contributed by atoms with Gasteiger partial charge in [-0.25, -0.2) is 14.3 Å². The van der Waals surface area contributed by atoms with E-state index in [9.17, 15) is 9.18 Å². The molecule has 0 bridgehead atoms. The zero-order valence-electron chi connectivity index (χ0n) is 11.6. The van der Waals surface area contributed by atoms with Crippen LogP contribution in [0.15, 0.2) is 35.1 Å². The molecule has 0 saturated carbocycles. The lowest BCUT2D eigenvalue weighted by molar-refractivity contribution is 0.614. The van der Waals surface area contributed by atoms with E-state index in [1.165, 1.54) is 10.6 Å². The van der Waals surface area contributed by atoms with E-state index in [1.54, 1.807) is 25.1 Å². The topological polar surface area (TPSA) is 75.1 Å². The standard InChI is InChI=1S/C14H14FN5O/c1-8-3-4-10(7-11(8)15)9(2)16-12-5-6-13-17-18-14(21)20(13)19-12/h3-7,9H,1-2H3,(H,16,19)(H,18,21). The molecule has 0 amide bonds. The maximum Gasteiger partial charge on any atom is 0.364 e. The largest absolute Gasteiger partial charge is 0.364 e. The molecule has 0 radical (unpaired) electrons. The van der Waals surface area contributed by atoms with Crippen molar-refractivity contribution in [2.45, 2.75) is 19.9 Å². The van der Waals surface area contributed by atoms with Gasteiger partial charge in [-0.2, -0.15) is 9.61 Å². The van der Waals surface area contributed by atoms with Gasteiger partial charge in [0.05, 0.1) is 6.04 Å². The number of anilines is 1. The number of hydrogen-bond donors (Lipinski definition) is 2. The fourth-order valence-corrected chi connectivity index (χ4v) is 2.06. The van der Waals surface area contributed by atoms with Crippen LogP contribution in [0.2, 0.25) is 0 Å². The lowest BCUT2D eigenvalue weighted by Gasteiger charge is -2.15. The van der Waals surface area contributed by atoms with Crippen LogP contribution >= 0.6 is 0 Å². The molecule has 1 atom stereocenters. The van der Waals surface area contributed by atoms with Crippen molar-refractivity contribution in [1.29, 1.82) is 0 Å². The monoisotopic (exact) mass is 287 g/mol. The summed E-state index contributed by atoms with van der Waals surface area (Å²) in [6, 6.07) is 8.34. The van der Waals surface area contributed by atoms with Crippen molar-refractivity contribution in [3.8, 4) is 0 Å². The minimum Gasteiger partial charge on any atom is -0.362 e. The fraction of sp³-hybridized carbons (Fsp3) is 0.214. The molecule has 7 heteroatoms. The Morgan fingerprint density at radius 3 is 2.90 bits per heavy atom. The predicted octanol–water partition coefficient (Wildman–Crippen LogP) is 2.04. The van der Waals surface area contributed by atoms with Crippen LogP contribution in [0.5, 0.6) is 0 Å². The smallest absolute Gasteiger partial charge is 0.362 e. The van der Waals surface area contributed by atoms with E-state index in [0.717, 1.165) is 5.56 Å². The third kappa shape index (κ3) is 2.49. The summed E-state index contributed by atoms with van der Waals surface area (Å²) in [5, 5.41) is 13.4. The SMILES string of the molecule is Cc1ccc(C(C)Nc2ccc3n[nH]c(=O)n3n2)cc1F. The summed E-state index contributed by atoms with van der Waals surface area (Å²) >= 11 is 0. The second-order valence-corrected chi connectivity index (χ2v) is 4.89. The van der Waals surface area contributed by atoms with Gasteiger partial charge in [-0.1, -0.05) is 12.1 Å². The van der Waals surface area contributed by atoms with Gasteiger partial charge in [0, 0.05) is 0 Å². The van der Waals surface area contributed by atoms with Gasteiger partial charge in [-0.3, -0.25) is 0 Å². The number of aromatic nitrogens is 4. The number of H-pyrrole nitrogens is 1. The van der Waals surface area contributed by atoms with Gasteiger partial charge >= 0.3 is 5.69 Å². The number of fused-ring (bicyclic) bond motifs is 1. The summed E-state index contributed by atoms with van der Waals surface area (Å²) in [4.78, 5) is 11.5. The van der Waals surface area contributed by atoms with Gasteiger partial charge in [0.2, 0.25) is 0 Å². The van der Waals surface area contributed by atoms with Gasteiger partial charge in [-0.05, 0) is 43.2 Å². The summed E-state index contributed by atoms with van der Waals surface area (Å²) in [5.41, 5.74) is 1.46. The van der Waals surface area contributed by atoms with Crippen LogP contribution < -0.4 is 11.0 Å². The molecular formula is C14H14FN5O. The molecule has 0 aliphatic rings. The first-order chi connectivity index (χ1) is 10.0. The molecular weight excluding hydrogens is 273 g/mol. The van der Waals surface area contributed by atoms with Crippen LogP contribution in [-0.4, -0.2) is 19.8 Å². The highest BCUT2D eigenvalue weighted by molar-refractivity contribution is 5.44. The molecule has 1 unspecified atom stereocenters. The normalized spacial score (nSPS) is 12.5. The molecule has 2 N–H and O–H groups in total. The molecule has 3 aromatic rings. The quantitative estimate of drug-likeness (QED) is 0.773. The van der Waals surface area contributed by atoms with Crippen molar-refractivity contribution in [2.75, 3.05) is 5.32 Å². The molecule has 0 aliphatic heterocycles. The zero-order chi connectivity index (χ0) is 15.0. The second kappa shape index (κ2) is 5.01. The Morgan fingerprint density at radius 1 is 1.33 bits per heavy atom. The van der Waals surface area contributed by atoms with Crippen molar-refractivity contribution in [3.63, 3.8) is 0 Å². The lowest BCUT2D eigenvalue weighted by atomic mass is 10.1. The number of aromatic amines is 1. The summed E-state index contributed by atoms with van der Waals surface area (Å²) in [7, 11) is 0. The summed E-state index contributed by atoms with van der Waals surface area (Å²) in [5.74, 6) is 0.273. The maximum atomic E-state index is 13.6. The number of hydrogen-bond acceptors (Lipinski definition) is 4. The number of rotatable bonds is 3. The third-order valence-corrected chi connectivity index (χ3v) is 3.33. The van der Waals surface area contributed by atoms with Crippen LogP contribution in [0.3, 0.4) is 0 Å². The first-order valence-corrected chi connectivity index (χ1v) is 6.51. The van der Waals surface area contributed by atoms with Gasteiger partial charge in [0.1, 0.15) is 11.6 Å². The minimum absolute atomic E-state index is 0.146. The van der Waals surface area contributed by atoms with Crippen molar-refractivity contribution >= 4 is 11.5 Å². The molecule has 6 nitrogen and oxygen atoms in total. The molecule has 3 rings (SSSR count). The maximum absolute atomic E-state index is 13.6. The second-order valence-electron chi connectivity index (χ2n) is 4.89. The molecule has 2 heterocycles. The molecule has 0 spiro atoms. The number of nitrogens with one attached hydrogen (secondary N) is 2. The Bertz CT molecular complexity index is 854. The number of aryl methyl sites for hydroxylation is 1. The molecule has 0 fully saturated rings. The summed E-state index contributed by atoms with van der Waals surface area (Å²) in [6.07, 6.45) is 0. The van der Waals surface area contributed by atoms with Crippen molar-refractivity contribution in [2.24, 2.45) is 0 Å². The van der Waals surface area contributed by atoms with Crippen molar-refractivity contribution in [1.82, 2.24) is 19.8 Å². The molecule has 2 aromatic heterocycles. The summed E-state index contributed by atoms with van der Waals surface area (Å²) in [6.45, 7) is 3.62. The molecule has 0 aliphatic carbocycles. The Morgan fingerprint density at radius 2 is 2.14 bits per heavy atom. The van der Waals surface area contributed by atoms with E-state index in [-0.39, 0.29) is 11.9 Å². The van der Waals surface area contributed by atoms with Crippen LogP contribution in [0.1, 0.15) is 24.1 Å². The zero-order valence-corrected chi connectivity index (χ0v) is 11.6. The Hall–Kier alpha value is -2.70. The third-order valence-electron chi connectivity index (χ3n) is 3.33. The fourth-order valence-electron chi connectivity index (χ4n) is 2.06. The Balaban J connectivity index is 1.88. The van der Waals surface area contributed by atoms with Crippen LogP contribution in [0.25, 0.3) is 5.65 Å². The van der Waals surface area contributed by atoms with E-state index in [1.807, 2.05) is 13.0 Å². The van der Waals surface area contributed by atoms with Crippen LogP contribution in [0, 0.1) is 12.7 Å². The first kappa shape index (κ1) is 13.3. The minimum atomic E-state index is -0.400. The Labute approximate surface area is 119 Å².